The SMILES string of the molecule is C1#Cc2c(ccc3ccccc23)C#Cc2c(ccc3ccccc23)C#Cc2c1ccc1ccccc21. The molecule has 6 aromatic carbocycles. The van der Waals surface area contributed by atoms with Gasteiger partial charge >= 0.3 is 0 Å². The lowest BCUT2D eigenvalue weighted by Crippen LogP contribution is -1.92. The van der Waals surface area contributed by atoms with Crippen molar-refractivity contribution in [2.24, 2.45) is 0 Å². The van der Waals surface area contributed by atoms with Crippen LogP contribution in [0.3, 0.4) is 0 Å². The molecule has 0 unspecified atom stereocenters. The van der Waals surface area contributed by atoms with Crippen LogP contribution in [0.15, 0.2) is 109 Å². The average Bonchev–Trinajstić information content (AvgIpc) is 2.93. The summed E-state index contributed by atoms with van der Waals surface area (Å²) in [5.74, 6) is 20.8. The highest BCUT2D eigenvalue weighted by molar-refractivity contribution is 5.94. The summed E-state index contributed by atoms with van der Waals surface area (Å²) in [5.41, 5.74) is 5.64. The molecule has 1 aliphatic carbocycles. The van der Waals surface area contributed by atoms with Crippen molar-refractivity contribution in [3.05, 3.63) is 143 Å². The number of hydrogen-bond acceptors (Lipinski definition) is 0. The lowest BCUT2D eigenvalue weighted by Gasteiger charge is -2.07. The van der Waals surface area contributed by atoms with Gasteiger partial charge in [-0.1, -0.05) is 127 Å². The van der Waals surface area contributed by atoms with Crippen LogP contribution in [0.4, 0.5) is 0 Å². The van der Waals surface area contributed by atoms with Crippen molar-refractivity contribution in [3.8, 4) is 35.5 Å². The molecule has 7 rings (SSSR count). The summed E-state index contributed by atoms with van der Waals surface area (Å²) in [6.45, 7) is 0. The highest BCUT2D eigenvalue weighted by Gasteiger charge is 2.09. The third-order valence-corrected chi connectivity index (χ3v) is 6.75. The monoisotopic (exact) mass is 450 g/mol. The first-order chi connectivity index (χ1) is 17.8. The van der Waals surface area contributed by atoms with E-state index in [4.69, 9.17) is 0 Å². The van der Waals surface area contributed by atoms with Gasteiger partial charge < -0.3 is 0 Å². The lowest BCUT2D eigenvalue weighted by atomic mass is 9.94. The molecule has 0 fully saturated rings. The molecule has 0 aliphatic heterocycles. The van der Waals surface area contributed by atoms with Crippen molar-refractivity contribution in [3.63, 3.8) is 0 Å². The Hall–Kier alpha value is -5.22. The van der Waals surface area contributed by atoms with Crippen LogP contribution in [0.2, 0.25) is 0 Å². The molecule has 0 spiro atoms. The minimum absolute atomic E-state index is 0.927. The van der Waals surface area contributed by atoms with E-state index in [1.165, 1.54) is 0 Å². The van der Waals surface area contributed by atoms with Crippen molar-refractivity contribution in [2.75, 3.05) is 0 Å². The van der Waals surface area contributed by atoms with Gasteiger partial charge in [0.1, 0.15) is 0 Å². The van der Waals surface area contributed by atoms with Crippen LogP contribution in [0, 0.1) is 35.5 Å². The summed E-state index contributed by atoms with van der Waals surface area (Å²) >= 11 is 0. The van der Waals surface area contributed by atoms with E-state index < -0.39 is 0 Å². The molecule has 0 aromatic heterocycles. The summed E-state index contributed by atoms with van der Waals surface area (Å²) in [6, 6.07) is 37.7. The molecule has 0 amide bonds. The second-order valence-electron chi connectivity index (χ2n) is 8.88. The van der Waals surface area contributed by atoms with Crippen LogP contribution in [-0.2, 0) is 0 Å². The van der Waals surface area contributed by atoms with E-state index in [9.17, 15) is 0 Å². The molecule has 36 heavy (non-hydrogen) atoms. The van der Waals surface area contributed by atoms with E-state index in [-0.39, 0.29) is 0 Å². The van der Waals surface area contributed by atoms with E-state index in [2.05, 4.69) is 145 Å². The topological polar surface area (TPSA) is 0 Å². The zero-order valence-corrected chi connectivity index (χ0v) is 19.4. The summed E-state index contributed by atoms with van der Waals surface area (Å²) in [6.07, 6.45) is 0. The van der Waals surface area contributed by atoms with Crippen LogP contribution in [0.1, 0.15) is 33.4 Å². The molecule has 0 saturated carbocycles. The Balaban J connectivity index is 1.63. The van der Waals surface area contributed by atoms with Crippen molar-refractivity contribution < 1.29 is 0 Å². The molecular weight excluding hydrogens is 432 g/mol. The molecule has 1 aliphatic rings. The van der Waals surface area contributed by atoms with Crippen LogP contribution in [-0.4, -0.2) is 0 Å². The third kappa shape index (κ3) is 3.32. The maximum Gasteiger partial charge on any atom is 0.0484 e. The molecule has 0 saturated heterocycles. The van der Waals surface area contributed by atoms with E-state index in [0.29, 0.717) is 0 Å². The predicted molar refractivity (Wildman–Crippen MR) is 150 cm³/mol. The number of hydrogen-bond donors (Lipinski definition) is 0. The Morgan fingerprint density at radius 2 is 0.583 bits per heavy atom. The van der Waals surface area contributed by atoms with Gasteiger partial charge in [-0.3, -0.25) is 0 Å². The molecule has 6 aromatic rings. The van der Waals surface area contributed by atoms with Gasteiger partial charge in [-0.05, 0) is 50.5 Å². The van der Waals surface area contributed by atoms with Gasteiger partial charge in [0.25, 0.3) is 0 Å². The Labute approximate surface area is 210 Å². The summed E-state index contributed by atoms with van der Waals surface area (Å²) in [4.78, 5) is 0. The second kappa shape index (κ2) is 8.22. The molecule has 0 bridgehead atoms. The molecule has 0 atom stereocenters. The zero-order chi connectivity index (χ0) is 23.9. The lowest BCUT2D eigenvalue weighted by molar-refractivity contribution is 1.60. The fourth-order valence-electron chi connectivity index (χ4n) is 4.92. The summed E-state index contributed by atoms with van der Waals surface area (Å²) < 4.78 is 0. The van der Waals surface area contributed by atoms with E-state index >= 15 is 0 Å². The van der Waals surface area contributed by atoms with Crippen molar-refractivity contribution in [1.82, 2.24) is 0 Å². The van der Waals surface area contributed by atoms with Crippen LogP contribution >= 0.6 is 0 Å². The first-order valence-corrected chi connectivity index (χ1v) is 12.0. The molecule has 162 valence electrons. The molecule has 0 heteroatoms. The zero-order valence-electron chi connectivity index (χ0n) is 19.4. The van der Waals surface area contributed by atoms with Gasteiger partial charge in [0.15, 0.2) is 0 Å². The summed E-state index contributed by atoms with van der Waals surface area (Å²) in [5, 5.41) is 6.80. The Morgan fingerprint density at radius 3 is 0.917 bits per heavy atom. The van der Waals surface area contributed by atoms with E-state index in [1.807, 2.05) is 0 Å². The fraction of sp³-hybridized carbons (Fsp3) is 0. The minimum atomic E-state index is 0.927. The Bertz CT molecular complexity index is 1810. The van der Waals surface area contributed by atoms with Crippen molar-refractivity contribution in [2.45, 2.75) is 0 Å². The van der Waals surface area contributed by atoms with Gasteiger partial charge in [-0.25, -0.2) is 0 Å². The van der Waals surface area contributed by atoms with Crippen molar-refractivity contribution in [1.29, 1.82) is 0 Å². The average molecular weight is 451 g/mol. The smallest absolute Gasteiger partial charge is 0.0484 e. The van der Waals surface area contributed by atoms with Crippen LogP contribution in [0.25, 0.3) is 32.3 Å². The van der Waals surface area contributed by atoms with Crippen LogP contribution in [0.5, 0.6) is 0 Å². The molecular formula is C36H18. The minimum Gasteiger partial charge on any atom is -0.0616 e. The predicted octanol–water partition coefficient (Wildman–Crippen LogP) is 7.66. The molecule has 0 N–H and O–H groups in total. The maximum atomic E-state index is 3.49. The van der Waals surface area contributed by atoms with Gasteiger partial charge in [0, 0.05) is 33.4 Å². The van der Waals surface area contributed by atoms with E-state index in [1.54, 1.807) is 0 Å². The fourth-order valence-corrected chi connectivity index (χ4v) is 4.92. The first kappa shape index (κ1) is 20.2. The second-order valence-corrected chi connectivity index (χ2v) is 8.88. The van der Waals surface area contributed by atoms with E-state index in [0.717, 1.165) is 65.7 Å². The highest BCUT2D eigenvalue weighted by atomic mass is 14.1. The van der Waals surface area contributed by atoms with Gasteiger partial charge in [-0.15, -0.1) is 0 Å². The number of rotatable bonds is 0. The number of fused-ring (bicyclic) bond motifs is 9. The largest absolute Gasteiger partial charge is 0.0616 e. The van der Waals surface area contributed by atoms with Crippen molar-refractivity contribution >= 4 is 32.3 Å². The Morgan fingerprint density at radius 1 is 0.278 bits per heavy atom. The first-order valence-electron chi connectivity index (χ1n) is 12.0. The van der Waals surface area contributed by atoms with Crippen LogP contribution < -0.4 is 0 Å². The van der Waals surface area contributed by atoms with Gasteiger partial charge in [-0.2, -0.15) is 0 Å². The maximum absolute atomic E-state index is 3.49. The van der Waals surface area contributed by atoms with Gasteiger partial charge in [0.2, 0.25) is 0 Å². The molecule has 0 nitrogen and oxygen atoms in total. The number of benzene rings is 6. The molecule has 0 radical (unpaired) electrons. The third-order valence-electron chi connectivity index (χ3n) is 6.75. The van der Waals surface area contributed by atoms with Gasteiger partial charge in [0.05, 0.1) is 0 Å². The quantitative estimate of drug-likeness (QED) is 0.208. The standard InChI is InChI=1S/C36H18/c1-4-10-31-25(7-1)13-16-28-20-23-35-30(18-15-27-9-2-5-11-32(27)35)21-24-36-29(19-22-34(28)31)17-14-26-8-3-6-12-33(26)36/h1-18H. The Kier molecular flexibility index (Phi) is 4.61. The molecule has 0 heterocycles. The highest BCUT2D eigenvalue weighted by Crippen LogP contribution is 2.26. The summed E-state index contributed by atoms with van der Waals surface area (Å²) in [7, 11) is 0. The normalized spacial score (nSPS) is 11.3.